The Morgan fingerprint density at radius 1 is 1.15 bits per heavy atom. The number of carbonyl (C=O) groups is 1. The van der Waals surface area contributed by atoms with Gasteiger partial charge >= 0.3 is 6.18 Å². The summed E-state index contributed by atoms with van der Waals surface area (Å²) in [6, 6.07) is 6.33. The van der Waals surface area contributed by atoms with Crippen LogP contribution in [-0.4, -0.2) is 46.5 Å². The molecular weight excluding hydrogens is 483 g/mol. The van der Waals surface area contributed by atoms with Gasteiger partial charge in [-0.2, -0.15) is 22.6 Å². The number of halogens is 4. The first-order chi connectivity index (χ1) is 15.5. The summed E-state index contributed by atoms with van der Waals surface area (Å²) in [7, 11) is -3.89. The van der Waals surface area contributed by atoms with E-state index >= 15 is 0 Å². The molecule has 0 radical (unpaired) electrons. The number of sulfonamides is 1. The lowest BCUT2D eigenvalue weighted by molar-refractivity contribution is -0.137. The molecular formula is C20H19ClF3N5O3S. The third kappa shape index (κ3) is 5.18. The fraction of sp³-hybridized carbons (Fsp3) is 0.250. The minimum Gasteiger partial charge on any atom is -0.320 e. The predicted octanol–water partition coefficient (Wildman–Crippen LogP) is 4.22. The van der Waals surface area contributed by atoms with E-state index in [-0.39, 0.29) is 39.9 Å². The first-order valence-electron chi connectivity index (χ1n) is 9.66. The van der Waals surface area contributed by atoms with Gasteiger partial charge in [0.15, 0.2) is 0 Å². The fourth-order valence-electron chi connectivity index (χ4n) is 3.09. The predicted molar refractivity (Wildman–Crippen MR) is 116 cm³/mol. The Bertz CT molecular complexity index is 1260. The van der Waals surface area contributed by atoms with Crippen LogP contribution in [0.4, 0.5) is 18.9 Å². The summed E-state index contributed by atoms with van der Waals surface area (Å²) >= 11 is 6.12. The monoisotopic (exact) mass is 501 g/mol. The number of anilines is 1. The molecule has 0 atom stereocenters. The van der Waals surface area contributed by atoms with Crippen LogP contribution >= 0.6 is 11.6 Å². The Morgan fingerprint density at radius 3 is 2.42 bits per heavy atom. The lowest BCUT2D eigenvalue weighted by Crippen LogP contribution is -2.30. The molecule has 13 heteroatoms. The number of hydrogen-bond acceptors (Lipinski definition) is 5. The highest BCUT2D eigenvalue weighted by molar-refractivity contribution is 7.89. The summed E-state index contributed by atoms with van der Waals surface area (Å²) in [4.78, 5) is 16.6. The van der Waals surface area contributed by atoms with Gasteiger partial charge in [-0.25, -0.2) is 18.1 Å². The standard InChI is InChI=1S/C20H19ClF3N5O3S/c1-3-28(4-2)33(31,32)14-6-7-16(21)15(10-14)19(30)27-17-9-13(20(22,23)24)5-8-18(17)29-12-25-11-26-29/h5-12H,3-4H2,1-2H3,(H,27,30). The Labute approximate surface area is 193 Å². The minimum atomic E-state index is -4.66. The number of amides is 1. The molecule has 176 valence electrons. The van der Waals surface area contributed by atoms with Crippen molar-refractivity contribution in [3.05, 3.63) is 65.2 Å². The number of carbonyl (C=O) groups excluding carboxylic acids is 1. The first-order valence-corrected chi connectivity index (χ1v) is 11.5. The fourth-order valence-corrected chi connectivity index (χ4v) is 4.77. The van der Waals surface area contributed by atoms with Gasteiger partial charge in [0.1, 0.15) is 12.7 Å². The van der Waals surface area contributed by atoms with Crippen LogP contribution in [0, 0.1) is 0 Å². The van der Waals surface area contributed by atoms with E-state index in [1.165, 1.54) is 33.8 Å². The van der Waals surface area contributed by atoms with E-state index in [4.69, 9.17) is 11.6 Å². The van der Waals surface area contributed by atoms with Gasteiger partial charge in [-0.05, 0) is 36.4 Å². The second kappa shape index (κ2) is 9.49. The van der Waals surface area contributed by atoms with Crippen LogP contribution in [0.25, 0.3) is 5.69 Å². The van der Waals surface area contributed by atoms with Crippen molar-refractivity contribution in [1.29, 1.82) is 0 Å². The minimum absolute atomic E-state index is 0.0692. The summed E-state index contributed by atoms with van der Waals surface area (Å²) in [5.41, 5.74) is -1.30. The van der Waals surface area contributed by atoms with Crippen molar-refractivity contribution in [2.75, 3.05) is 18.4 Å². The van der Waals surface area contributed by atoms with E-state index in [0.29, 0.717) is 0 Å². The van der Waals surface area contributed by atoms with Crippen LogP contribution in [0.2, 0.25) is 5.02 Å². The topological polar surface area (TPSA) is 97.2 Å². The van der Waals surface area contributed by atoms with Crippen molar-refractivity contribution < 1.29 is 26.4 Å². The van der Waals surface area contributed by atoms with Crippen LogP contribution in [0.3, 0.4) is 0 Å². The number of nitrogens with one attached hydrogen (secondary N) is 1. The molecule has 0 aliphatic carbocycles. The molecule has 0 aliphatic heterocycles. The van der Waals surface area contributed by atoms with Crippen molar-refractivity contribution in [2.24, 2.45) is 0 Å². The Kier molecular flexibility index (Phi) is 7.10. The third-order valence-electron chi connectivity index (χ3n) is 4.76. The van der Waals surface area contributed by atoms with Gasteiger partial charge in [0.05, 0.1) is 32.4 Å². The molecule has 0 aliphatic rings. The van der Waals surface area contributed by atoms with E-state index in [0.717, 1.165) is 24.3 Å². The zero-order valence-corrected chi connectivity index (χ0v) is 19.0. The quantitative estimate of drug-likeness (QED) is 0.522. The van der Waals surface area contributed by atoms with E-state index in [9.17, 15) is 26.4 Å². The maximum Gasteiger partial charge on any atom is 0.416 e. The van der Waals surface area contributed by atoms with Crippen LogP contribution in [0.15, 0.2) is 53.9 Å². The maximum absolute atomic E-state index is 13.3. The maximum atomic E-state index is 13.3. The second-order valence-corrected chi connectivity index (χ2v) is 9.10. The number of alkyl halides is 3. The number of nitrogens with zero attached hydrogens (tertiary/aromatic N) is 4. The molecule has 0 saturated carbocycles. The molecule has 3 aromatic rings. The average Bonchev–Trinajstić information content (AvgIpc) is 3.28. The average molecular weight is 502 g/mol. The first kappa shape index (κ1) is 24.7. The van der Waals surface area contributed by atoms with Crippen LogP contribution in [0.5, 0.6) is 0 Å². The smallest absolute Gasteiger partial charge is 0.320 e. The molecule has 0 unspecified atom stereocenters. The van der Waals surface area contributed by atoms with Gasteiger partial charge in [0.25, 0.3) is 5.91 Å². The number of hydrogen-bond donors (Lipinski definition) is 1. The second-order valence-electron chi connectivity index (χ2n) is 6.75. The van der Waals surface area contributed by atoms with Gasteiger partial charge in [-0.1, -0.05) is 25.4 Å². The van der Waals surface area contributed by atoms with Crippen molar-refractivity contribution >= 4 is 33.2 Å². The molecule has 1 aromatic heterocycles. The van der Waals surface area contributed by atoms with Gasteiger partial charge in [-0.15, -0.1) is 0 Å². The Morgan fingerprint density at radius 2 is 1.85 bits per heavy atom. The molecule has 1 heterocycles. The van der Waals surface area contributed by atoms with Gasteiger partial charge in [0.2, 0.25) is 10.0 Å². The lowest BCUT2D eigenvalue weighted by Gasteiger charge is -2.19. The summed E-state index contributed by atoms with van der Waals surface area (Å²) in [6.07, 6.45) is -2.22. The van der Waals surface area contributed by atoms with Crippen molar-refractivity contribution in [3.8, 4) is 5.69 Å². The number of rotatable bonds is 7. The molecule has 1 N–H and O–H groups in total. The molecule has 3 rings (SSSR count). The zero-order chi connectivity index (χ0) is 24.4. The third-order valence-corrected chi connectivity index (χ3v) is 7.14. The van der Waals surface area contributed by atoms with Gasteiger partial charge in [0, 0.05) is 13.1 Å². The Hall–Kier alpha value is -2.96. The molecule has 0 bridgehead atoms. The molecule has 0 fully saturated rings. The lowest BCUT2D eigenvalue weighted by atomic mass is 10.1. The van der Waals surface area contributed by atoms with Crippen LogP contribution in [-0.2, 0) is 16.2 Å². The van der Waals surface area contributed by atoms with Crippen molar-refractivity contribution in [3.63, 3.8) is 0 Å². The highest BCUT2D eigenvalue weighted by Crippen LogP contribution is 2.34. The van der Waals surface area contributed by atoms with Crippen LogP contribution in [0.1, 0.15) is 29.8 Å². The van der Waals surface area contributed by atoms with E-state index in [1.807, 2.05) is 0 Å². The van der Waals surface area contributed by atoms with Crippen LogP contribution < -0.4 is 5.32 Å². The van der Waals surface area contributed by atoms with Gasteiger partial charge in [-0.3, -0.25) is 4.79 Å². The summed E-state index contributed by atoms with van der Waals surface area (Å²) in [5.74, 6) is -0.891. The summed E-state index contributed by atoms with van der Waals surface area (Å²) in [5, 5.41) is 6.20. The van der Waals surface area contributed by atoms with Gasteiger partial charge < -0.3 is 5.32 Å². The highest BCUT2D eigenvalue weighted by Gasteiger charge is 2.32. The Balaban J connectivity index is 2.04. The normalized spacial score (nSPS) is 12.2. The van der Waals surface area contributed by atoms with E-state index in [2.05, 4.69) is 15.4 Å². The molecule has 1 amide bonds. The molecule has 8 nitrogen and oxygen atoms in total. The van der Waals surface area contributed by atoms with E-state index < -0.39 is 27.7 Å². The SMILES string of the molecule is CCN(CC)S(=O)(=O)c1ccc(Cl)c(C(=O)Nc2cc(C(F)(F)F)ccc2-n2cncn2)c1. The largest absolute Gasteiger partial charge is 0.416 e. The van der Waals surface area contributed by atoms with Crippen molar-refractivity contribution in [1.82, 2.24) is 19.1 Å². The molecule has 0 spiro atoms. The van der Waals surface area contributed by atoms with Crippen molar-refractivity contribution in [2.45, 2.75) is 24.9 Å². The zero-order valence-electron chi connectivity index (χ0n) is 17.5. The molecule has 2 aromatic carbocycles. The highest BCUT2D eigenvalue weighted by atomic mass is 35.5. The summed E-state index contributed by atoms with van der Waals surface area (Å²) < 4.78 is 67.8. The van der Waals surface area contributed by atoms with E-state index in [1.54, 1.807) is 13.8 Å². The number of aromatic nitrogens is 3. The molecule has 0 saturated heterocycles. The molecule has 33 heavy (non-hydrogen) atoms. The number of benzene rings is 2. The summed E-state index contributed by atoms with van der Waals surface area (Å²) in [6.45, 7) is 3.77.